The molecule has 4 N–H and O–H groups in total. The molecule has 1 heterocycles. The van der Waals surface area contributed by atoms with Gasteiger partial charge in [-0.15, -0.1) is 0 Å². The van der Waals surface area contributed by atoms with E-state index in [1.165, 1.54) is 12.3 Å². The number of benzene rings is 1. The van der Waals surface area contributed by atoms with Crippen molar-refractivity contribution in [1.29, 1.82) is 0 Å². The van der Waals surface area contributed by atoms with Crippen LogP contribution in [0.25, 0.3) is 0 Å². The van der Waals surface area contributed by atoms with Gasteiger partial charge in [-0.05, 0) is 23.8 Å². The van der Waals surface area contributed by atoms with Crippen molar-refractivity contribution in [3.8, 4) is 0 Å². The highest BCUT2D eigenvalue weighted by atomic mass is 35.5. The molecule has 0 aliphatic heterocycles. The second kappa shape index (κ2) is 4.88. The Bertz CT molecular complexity index is 590. The van der Waals surface area contributed by atoms with Crippen LogP contribution in [0.2, 0.25) is 5.02 Å². The lowest BCUT2D eigenvalue weighted by atomic mass is 10.00. The number of hydrogen-bond donors (Lipinski definition) is 2. The van der Waals surface area contributed by atoms with Crippen LogP contribution < -0.4 is 11.5 Å². The normalized spacial score (nSPS) is 12.4. The minimum absolute atomic E-state index is 0.205. The topological polar surface area (TPSA) is 64.9 Å². The van der Waals surface area contributed by atoms with Crippen LogP contribution in [0.5, 0.6) is 0 Å². The standard InChI is InChI=1S/C12H10ClF2N3/c13-7-4-8(12(17)18-5-7)11(16)6-1-2-9(14)10(15)3-6/h1-5,11H,16H2,(H2,17,18). The van der Waals surface area contributed by atoms with Crippen molar-refractivity contribution in [3.63, 3.8) is 0 Å². The van der Waals surface area contributed by atoms with Crippen LogP contribution in [-0.2, 0) is 0 Å². The molecule has 2 rings (SSSR count). The summed E-state index contributed by atoms with van der Waals surface area (Å²) >= 11 is 5.80. The van der Waals surface area contributed by atoms with E-state index in [0.29, 0.717) is 16.1 Å². The van der Waals surface area contributed by atoms with Gasteiger partial charge in [0, 0.05) is 11.8 Å². The van der Waals surface area contributed by atoms with Gasteiger partial charge in [0.05, 0.1) is 11.1 Å². The Morgan fingerprint density at radius 3 is 2.56 bits per heavy atom. The van der Waals surface area contributed by atoms with Gasteiger partial charge in [0.2, 0.25) is 0 Å². The highest BCUT2D eigenvalue weighted by Crippen LogP contribution is 2.26. The predicted octanol–water partition coefficient (Wildman–Crippen LogP) is 2.64. The molecule has 0 saturated heterocycles. The average molecular weight is 270 g/mol. The largest absolute Gasteiger partial charge is 0.383 e. The number of rotatable bonds is 2. The molecule has 0 spiro atoms. The third-order valence-electron chi connectivity index (χ3n) is 2.55. The van der Waals surface area contributed by atoms with Gasteiger partial charge >= 0.3 is 0 Å². The smallest absolute Gasteiger partial charge is 0.159 e. The van der Waals surface area contributed by atoms with E-state index >= 15 is 0 Å². The van der Waals surface area contributed by atoms with Crippen molar-refractivity contribution in [1.82, 2.24) is 4.98 Å². The van der Waals surface area contributed by atoms with Crippen LogP contribution in [0.3, 0.4) is 0 Å². The van der Waals surface area contributed by atoms with E-state index in [2.05, 4.69) is 4.98 Å². The Hall–Kier alpha value is -1.72. The van der Waals surface area contributed by atoms with Gasteiger partial charge in [-0.25, -0.2) is 13.8 Å². The molecule has 1 aromatic heterocycles. The SMILES string of the molecule is Nc1ncc(Cl)cc1C(N)c1ccc(F)c(F)c1. The van der Waals surface area contributed by atoms with Gasteiger partial charge in [0.25, 0.3) is 0 Å². The van der Waals surface area contributed by atoms with E-state index in [1.807, 2.05) is 0 Å². The van der Waals surface area contributed by atoms with Gasteiger partial charge in [-0.1, -0.05) is 17.7 Å². The number of nitrogens with zero attached hydrogens (tertiary/aromatic N) is 1. The lowest BCUT2D eigenvalue weighted by Gasteiger charge is -2.14. The summed E-state index contributed by atoms with van der Waals surface area (Å²) < 4.78 is 26.0. The van der Waals surface area contributed by atoms with Crippen molar-refractivity contribution in [2.75, 3.05) is 5.73 Å². The maximum absolute atomic E-state index is 13.1. The average Bonchev–Trinajstić information content (AvgIpc) is 2.35. The molecule has 0 aliphatic carbocycles. The number of pyridine rings is 1. The quantitative estimate of drug-likeness (QED) is 0.881. The zero-order valence-corrected chi connectivity index (χ0v) is 9.96. The maximum atomic E-state index is 13.1. The fourth-order valence-electron chi connectivity index (χ4n) is 1.60. The van der Waals surface area contributed by atoms with Gasteiger partial charge in [0.15, 0.2) is 11.6 Å². The summed E-state index contributed by atoms with van der Waals surface area (Å²) in [4.78, 5) is 3.86. The third kappa shape index (κ3) is 2.42. The second-order valence-electron chi connectivity index (χ2n) is 3.78. The van der Waals surface area contributed by atoms with E-state index in [-0.39, 0.29) is 5.82 Å². The van der Waals surface area contributed by atoms with Crippen LogP contribution in [0.15, 0.2) is 30.5 Å². The van der Waals surface area contributed by atoms with Crippen LogP contribution in [0.1, 0.15) is 17.2 Å². The Labute approximate surface area is 107 Å². The number of halogens is 3. The third-order valence-corrected chi connectivity index (χ3v) is 2.76. The van der Waals surface area contributed by atoms with E-state index < -0.39 is 17.7 Å². The van der Waals surface area contributed by atoms with Crippen molar-refractivity contribution in [2.45, 2.75) is 6.04 Å². The Kier molecular flexibility index (Phi) is 3.45. The van der Waals surface area contributed by atoms with Crippen molar-refractivity contribution in [3.05, 3.63) is 58.2 Å². The molecule has 3 nitrogen and oxygen atoms in total. The highest BCUT2D eigenvalue weighted by molar-refractivity contribution is 6.30. The number of nitrogens with two attached hydrogens (primary N) is 2. The van der Waals surface area contributed by atoms with Gasteiger partial charge < -0.3 is 11.5 Å². The predicted molar refractivity (Wildman–Crippen MR) is 66.0 cm³/mol. The van der Waals surface area contributed by atoms with Crippen LogP contribution in [0.4, 0.5) is 14.6 Å². The molecule has 0 fully saturated rings. The van der Waals surface area contributed by atoms with Gasteiger partial charge in [-0.2, -0.15) is 0 Å². The zero-order valence-electron chi connectivity index (χ0n) is 9.20. The summed E-state index contributed by atoms with van der Waals surface area (Å²) in [5.74, 6) is -1.68. The van der Waals surface area contributed by atoms with Crippen molar-refractivity contribution in [2.24, 2.45) is 5.73 Å². The number of aromatic nitrogens is 1. The zero-order chi connectivity index (χ0) is 13.3. The summed E-state index contributed by atoms with van der Waals surface area (Å²) in [6.45, 7) is 0. The van der Waals surface area contributed by atoms with E-state index in [1.54, 1.807) is 6.07 Å². The lowest BCUT2D eigenvalue weighted by molar-refractivity contribution is 0.506. The Morgan fingerprint density at radius 1 is 1.17 bits per heavy atom. The van der Waals surface area contributed by atoms with Crippen LogP contribution in [-0.4, -0.2) is 4.98 Å². The number of hydrogen-bond acceptors (Lipinski definition) is 3. The molecule has 94 valence electrons. The first-order valence-electron chi connectivity index (χ1n) is 5.10. The van der Waals surface area contributed by atoms with E-state index in [0.717, 1.165) is 12.1 Å². The number of nitrogen functional groups attached to an aromatic ring is 1. The molecular weight excluding hydrogens is 260 g/mol. The first-order valence-corrected chi connectivity index (χ1v) is 5.48. The molecule has 1 unspecified atom stereocenters. The van der Waals surface area contributed by atoms with E-state index in [9.17, 15) is 8.78 Å². The molecule has 1 atom stereocenters. The molecule has 0 saturated carbocycles. The summed E-state index contributed by atoms with van der Waals surface area (Å²) in [6.07, 6.45) is 1.39. The minimum Gasteiger partial charge on any atom is -0.383 e. The summed E-state index contributed by atoms with van der Waals surface area (Å²) in [5, 5.41) is 0.372. The molecule has 1 aromatic carbocycles. The number of anilines is 1. The molecular formula is C12H10ClF2N3. The summed E-state index contributed by atoms with van der Waals surface area (Å²) in [6, 6.07) is 4.27. The molecule has 18 heavy (non-hydrogen) atoms. The van der Waals surface area contributed by atoms with Gasteiger partial charge in [-0.3, -0.25) is 0 Å². The fourth-order valence-corrected chi connectivity index (χ4v) is 1.77. The monoisotopic (exact) mass is 269 g/mol. The maximum Gasteiger partial charge on any atom is 0.159 e. The van der Waals surface area contributed by atoms with E-state index in [4.69, 9.17) is 23.1 Å². The van der Waals surface area contributed by atoms with Crippen molar-refractivity contribution >= 4 is 17.4 Å². The second-order valence-corrected chi connectivity index (χ2v) is 4.22. The minimum atomic E-state index is -0.962. The first-order chi connectivity index (χ1) is 8.49. The molecule has 0 bridgehead atoms. The highest BCUT2D eigenvalue weighted by Gasteiger charge is 2.15. The Balaban J connectivity index is 2.44. The fraction of sp³-hybridized carbons (Fsp3) is 0.0833. The molecule has 6 heteroatoms. The Morgan fingerprint density at radius 2 is 1.89 bits per heavy atom. The molecule has 0 aliphatic rings. The molecule has 2 aromatic rings. The first kappa shape index (κ1) is 12.7. The lowest BCUT2D eigenvalue weighted by Crippen LogP contribution is -2.15. The summed E-state index contributed by atoms with van der Waals surface area (Å²) in [5.41, 5.74) is 12.5. The van der Waals surface area contributed by atoms with Crippen LogP contribution >= 0.6 is 11.6 Å². The molecule has 0 amide bonds. The van der Waals surface area contributed by atoms with Crippen molar-refractivity contribution < 1.29 is 8.78 Å². The summed E-state index contributed by atoms with van der Waals surface area (Å²) in [7, 11) is 0. The van der Waals surface area contributed by atoms with Gasteiger partial charge in [0.1, 0.15) is 5.82 Å². The molecule has 0 radical (unpaired) electrons. The van der Waals surface area contributed by atoms with Crippen LogP contribution in [0, 0.1) is 11.6 Å².